The van der Waals surface area contributed by atoms with Gasteiger partial charge in [0, 0.05) is 25.4 Å². The summed E-state index contributed by atoms with van der Waals surface area (Å²) in [4.78, 5) is 2.35. The van der Waals surface area contributed by atoms with Crippen molar-refractivity contribution in [1.82, 2.24) is 14.7 Å². The molecule has 0 bridgehead atoms. The number of hydrogen-bond acceptors (Lipinski definition) is 3. The Bertz CT molecular complexity index is 362. The van der Waals surface area contributed by atoms with E-state index < -0.39 is 0 Å². The van der Waals surface area contributed by atoms with E-state index in [-0.39, 0.29) is 0 Å². The van der Waals surface area contributed by atoms with Crippen LogP contribution in [0.2, 0.25) is 0 Å². The molecule has 0 atom stereocenters. The number of rotatable bonds is 6. The molecule has 1 aromatic rings. The summed E-state index contributed by atoms with van der Waals surface area (Å²) >= 11 is 0. The van der Waals surface area contributed by atoms with Crippen molar-refractivity contribution >= 4 is 0 Å². The Morgan fingerprint density at radius 1 is 1.50 bits per heavy atom. The number of aromatic nitrogens is 2. The zero-order valence-electron chi connectivity index (χ0n) is 10.4. The predicted molar refractivity (Wildman–Crippen MR) is 63.8 cm³/mol. The summed E-state index contributed by atoms with van der Waals surface area (Å²) in [6.07, 6.45) is 3.54. The molecule has 0 unspecified atom stereocenters. The molecule has 0 aliphatic rings. The van der Waals surface area contributed by atoms with E-state index in [4.69, 9.17) is 5.26 Å². The van der Waals surface area contributed by atoms with Gasteiger partial charge in [-0.2, -0.15) is 10.4 Å². The second-order valence-corrected chi connectivity index (χ2v) is 3.98. The second kappa shape index (κ2) is 6.29. The maximum atomic E-state index is 8.75. The number of nitrogens with zero attached hydrogens (tertiary/aromatic N) is 4. The van der Waals surface area contributed by atoms with Crippen LogP contribution in [0, 0.1) is 11.3 Å². The van der Waals surface area contributed by atoms with Crippen molar-refractivity contribution in [2.75, 3.05) is 13.1 Å². The first-order valence-corrected chi connectivity index (χ1v) is 5.81. The van der Waals surface area contributed by atoms with Gasteiger partial charge in [0.1, 0.15) is 0 Å². The van der Waals surface area contributed by atoms with Crippen molar-refractivity contribution in [2.45, 2.75) is 33.2 Å². The molecule has 0 N–H and O–H groups in total. The Hall–Kier alpha value is -1.34. The van der Waals surface area contributed by atoms with Crippen LogP contribution in [0.15, 0.2) is 6.20 Å². The molecule has 1 rings (SSSR count). The first kappa shape index (κ1) is 12.7. The van der Waals surface area contributed by atoms with Gasteiger partial charge in [-0.1, -0.05) is 13.8 Å². The molecule has 0 aliphatic carbocycles. The average molecular weight is 220 g/mol. The summed E-state index contributed by atoms with van der Waals surface area (Å²) in [5.74, 6) is 0. The highest BCUT2D eigenvalue weighted by molar-refractivity contribution is 5.20. The fourth-order valence-corrected chi connectivity index (χ4v) is 1.83. The number of hydrogen-bond donors (Lipinski definition) is 0. The van der Waals surface area contributed by atoms with Crippen LogP contribution < -0.4 is 0 Å². The summed E-state index contributed by atoms with van der Waals surface area (Å²) in [5, 5.41) is 13.2. The van der Waals surface area contributed by atoms with Gasteiger partial charge in [-0.25, -0.2) is 0 Å². The Morgan fingerprint density at radius 3 is 2.81 bits per heavy atom. The third-order valence-corrected chi connectivity index (χ3v) is 2.62. The molecule has 0 aromatic carbocycles. The summed E-state index contributed by atoms with van der Waals surface area (Å²) in [6.45, 7) is 7.29. The van der Waals surface area contributed by atoms with Crippen molar-refractivity contribution in [3.8, 4) is 6.07 Å². The molecule has 4 heteroatoms. The third-order valence-electron chi connectivity index (χ3n) is 2.62. The van der Waals surface area contributed by atoms with Crippen molar-refractivity contribution in [3.05, 3.63) is 17.5 Å². The topological polar surface area (TPSA) is 44.9 Å². The Morgan fingerprint density at radius 2 is 2.25 bits per heavy atom. The molecule has 0 spiro atoms. The lowest BCUT2D eigenvalue weighted by molar-refractivity contribution is 0.276. The molecule has 0 fully saturated rings. The lowest BCUT2D eigenvalue weighted by atomic mass is 10.2. The fraction of sp³-hybridized carbons (Fsp3) is 0.667. The molecule has 88 valence electrons. The highest BCUT2D eigenvalue weighted by Crippen LogP contribution is 2.10. The van der Waals surface area contributed by atoms with Crippen LogP contribution in [-0.2, 0) is 20.0 Å². The summed E-state index contributed by atoms with van der Waals surface area (Å²) in [5.41, 5.74) is 2.10. The van der Waals surface area contributed by atoms with E-state index in [1.54, 1.807) is 4.68 Å². The quantitative estimate of drug-likeness (QED) is 0.733. The zero-order chi connectivity index (χ0) is 12.0. The van der Waals surface area contributed by atoms with Gasteiger partial charge in [0.05, 0.1) is 18.2 Å². The van der Waals surface area contributed by atoms with E-state index in [1.807, 2.05) is 13.2 Å². The Labute approximate surface area is 97.5 Å². The van der Waals surface area contributed by atoms with Gasteiger partial charge in [0.15, 0.2) is 0 Å². The molecule has 0 amide bonds. The van der Waals surface area contributed by atoms with Gasteiger partial charge in [-0.05, 0) is 19.5 Å². The molecule has 0 aliphatic heterocycles. The van der Waals surface area contributed by atoms with Crippen molar-refractivity contribution in [1.29, 1.82) is 5.26 Å². The van der Waals surface area contributed by atoms with Crippen LogP contribution in [0.4, 0.5) is 0 Å². The molecule has 0 radical (unpaired) electrons. The Balaban J connectivity index is 2.74. The van der Waals surface area contributed by atoms with Crippen LogP contribution in [0.1, 0.15) is 31.5 Å². The lowest BCUT2D eigenvalue weighted by Gasteiger charge is -2.18. The van der Waals surface area contributed by atoms with Gasteiger partial charge < -0.3 is 0 Å². The zero-order valence-corrected chi connectivity index (χ0v) is 10.4. The number of nitriles is 1. The van der Waals surface area contributed by atoms with E-state index in [0.717, 1.165) is 37.3 Å². The standard InChI is InChI=1S/C12H20N4/c1-4-8-16(5-2)10-12-11(6-7-13)9-15(3)14-12/h9H,4-6,8,10H2,1-3H3. The fourth-order valence-electron chi connectivity index (χ4n) is 1.83. The first-order chi connectivity index (χ1) is 7.71. The van der Waals surface area contributed by atoms with Crippen LogP contribution in [-0.4, -0.2) is 27.8 Å². The van der Waals surface area contributed by atoms with Gasteiger partial charge >= 0.3 is 0 Å². The lowest BCUT2D eigenvalue weighted by Crippen LogP contribution is -2.24. The van der Waals surface area contributed by atoms with Gasteiger partial charge in [-0.15, -0.1) is 0 Å². The average Bonchev–Trinajstić information content (AvgIpc) is 2.59. The molecular formula is C12H20N4. The minimum Gasteiger partial charge on any atom is -0.298 e. The van der Waals surface area contributed by atoms with Gasteiger partial charge in [-0.3, -0.25) is 9.58 Å². The van der Waals surface area contributed by atoms with E-state index in [2.05, 4.69) is 29.9 Å². The molecule has 0 saturated heterocycles. The smallest absolute Gasteiger partial charge is 0.0807 e. The van der Waals surface area contributed by atoms with E-state index in [0.29, 0.717) is 6.42 Å². The SMILES string of the molecule is CCCN(CC)Cc1nn(C)cc1CC#N. The summed E-state index contributed by atoms with van der Waals surface area (Å²) in [7, 11) is 1.90. The predicted octanol–water partition coefficient (Wildman–Crippen LogP) is 1.72. The molecule has 16 heavy (non-hydrogen) atoms. The summed E-state index contributed by atoms with van der Waals surface area (Å²) in [6, 6.07) is 2.19. The van der Waals surface area contributed by atoms with Crippen LogP contribution >= 0.6 is 0 Å². The maximum Gasteiger partial charge on any atom is 0.0807 e. The minimum absolute atomic E-state index is 0.451. The second-order valence-electron chi connectivity index (χ2n) is 3.98. The minimum atomic E-state index is 0.451. The molecule has 4 nitrogen and oxygen atoms in total. The molecular weight excluding hydrogens is 200 g/mol. The third kappa shape index (κ3) is 3.35. The molecule has 1 heterocycles. The number of aryl methyl sites for hydroxylation is 1. The highest BCUT2D eigenvalue weighted by Gasteiger charge is 2.10. The molecule has 0 saturated carbocycles. The van der Waals surface area contributed by atoms with Crippen LogP contribution in [0.5, 0.6) is 0 Å². The first-order valence-electron chi connectivity index (χ1n) is 5.81. The normalized spacial score (nSPS) is 10.7. The van der Waals surface area contributed by atoms with Gasteiger partial charge in [0.25, 0.3) is 0 Å². The Kier molecular flexibility index (Phi) is 5.00. The van der Waals surface area contributed by atoms with Crippen molar-refractivity contribution < 1.29 is 0 Å². The monoisotopic (exact) mass is 220 g/mol. The van der Waals surface area contributed by atoms with Crippen LogP contribution in [0.3, 0.4) is 0 Å². The van der Waals surface area contributed by atoms with Crippen LogP contribution in [0.25, 0.3) is 0 Å². The highest BCUT2D eigenvalue weighted by atomic mass is 15.3. The van der Waals surface area contributed by atoms with E-state index in [1.165, 1.54) is 0 Å². The van der Waals surface area contributed by atoms with E-state index in [9.17, 15) is 0 Å². The van der Waals surface area contributed by atoms with Crippen molar-refractivity contribution in [3.63, 3.8) is 0 Å². The largest absolute Gasteiger partial charge is 0.298 e. The summed E-state index contributed by atoms with van der Waals surface area (Å²) < 4.78 is 1.79. The van der Waals surface area contributed by atoms with Gasteiger partial charge in [0.2, 0.25) is 0 Å². The van der Waals surface area contributed by atoms with E-state index >= 15 is 0 Å². The van der Waals surface area contributed by atoms with Crippen molar-refractivity contribution in [2.24, 2.45) is 7.05 Å². The molecule has 1 aromatic heterocycles. The maximum absolute atomic E-state index is 8.75.